The van der Waals surface area contributed by atoms with Gasteiger partial charge in [0.15, 0.2) is 0 Å². The number of hydrogen-bond acceptors (Lipinski definition) is 4. The predicted molar refractivity (Wildman–Crippen MR) is 176 cm³/mol. The van der Waals surface area contributed by atoms with Gasteiger partial charge in [0.1, 0.15) is 12.6 Å². The van der Waals surface area contributed by atoms with E-state index in [0.717, 1.165) is 34.2 Å². The Hall–Kier alpha value is -4.43. The second kappa shape index (κ2) is 14.8. The lowest BCUT2D eigenvalue weighted by molar-refractivity contribution is -0.140. The number of hydrogen-bond donors (Lipinski definition) is 1. The van der Waals surface area contributed by atoms with Crippen molar-refractivity contribution in [2.24, 2.45) is 0 Å². The molecule has 8 heteroatoms. The summed E-state index contributed by atoms with van der Waals surface area (Å²) in [6.07, 6.45) is 1.02. The first-order valence-corrected chi connectivity index (χ1v) is 16.4. The molecule has 4 aromatic rings. The first-order valence-electron chi connectivity index (χ1n) is 14.9. The van der Waals surface area contributed by atoms with Crippen LogP contribution in [0.25, 0.3) is 0 Å². The van der Waals surface area contributed by atoms with Gasteiger partial charge in [0.05, 0.1) is 10.6 Å². The summed E-state index contributed by atoms with van der Waals surface area (Å²) in [4.78, 5) is 30.0. The van der Waals surface area contributed by atoms with Crippen LogP contribution in [0.3, 0.4) is 0 Å². The normalized spacial score (nSPS) is 11.9. The molecule has 0 saturated heterocycles. The van der Waals surface area contributed by atoms with Gasteiger partial charge in [-0.2, -0.15) is 0 Å². The molecule has 1 atom stereocenters. The van der Waals surface area contributed by atoms with Crippen LogP contribution in [-0.4, -0.2) is 44.3 Å². The number of anilines is 1. The first kappa shape index (κ1) is 32.5. The van der Waals surface area contributed by atoms with E-state index in [0.29, 0.717) is 12.2 Å². The zero-order valence-corrected chi connectivity index (χ0v) is 26.7. The van der Waals surface area contributed by atoms with Crippen LogP contribution in [0.2, 0.25) is 0 Å². The highest BCUT2D eigenvalue weighted by Gasteiger charge is 2.35. The molecule has 230 valence electrons. The summed E-state index contributed by atoms with van der Waals surface area (Å²) < 4.78 is 29.5. The summed E-state index contributed by atoms with van der Waals surface area (Å²) in [5.41, 5.74) is 4.84. The number of nitrogens with one attached hydrogen (secondary N) is 1. The molecule has 0 bridgehead atoms. The van der Waals surface area contributed by atoms with Gasteiger partial charge >= 0.3 is 0 Å². The highest BCUT2D eigenvalue weighted by molar-refractivity contribution is 7.92. The molecule has 0 heterocycles. The highest BCUT2D eigenvalue weighted by atomic mass is 32.2. The molecule has 4 aromatic carbocycles. The molecule has 44 heavy (non-hydrogen) atoms. The van der Waals surface area contributed by atoms with Crippen molar-refractivity contribution in [3.05, 3.63) is 131 Å². The zero-order chi connectivity index (χ0) is 31.7. The van der Waals surface area contributed by atoms with Gasteiger partial charge in [-0.1, -0.05) is 91.9 Å². The maximum Gasteiger partial charge on any atom is 0.264 e. The molecular weight excluding hydrogens is 570 g/mol. The van der Waals surface area contributed by atoms with Crippen LogP contribution in [0.5, 0.6) is 0 Å². The number of carbonyl (C=O) groups excluding carboxylic acids is 2. The number of benzene rings is 4. The third-order valence-electron chi connectivity index (χ3n) is 7.88. The lowest BCUT2D eigenvalue weighted by Gasteiger charge is -2.34. The Kier molecular flexibility index (Phi) is 11.0. The van der Waals surface area contributed by atoms with Crippen molar-refractivity contribution >= 4 is 27.5 Å². The number of nitrogens with zero attached hydrogens (tertiary/aromatic N) is 2. The lowest BCUT2D eigenvalue weighted by atomic mass is 10.0. The quantitative estimate of drug-likeness (QED) is 0.202. The number of sulfonamides is 1. The van der Waals surface area contributed by atoms with E-state index < -0.39 is 28.5 Å². The van der Waals surface area contributed by atoms with E-state index in [2.05, 4.69) is 5.32 Å². The average Bonchev–Trinajstić information content (AvgIpc) is 3.03. The van der Waals surface area contributed by atoms with Gasteiger partial charge in [-0.25, -0.2) is 8.42 Å². The highest BCUT2D eigenvalue weighted by Crippen LogP contribution is 2.29. The predicted octanol–water partition coefficient (Wildman–Crippen LogP) is 5.97. The van der Waals surface area contributed by atoms with Crippen LogP contribution in [0.4, 0.5) is 5.69 Å². The second-order valence-electron chi connectivity index (χ2n) is 11.0. The van der Waals surface area contributed by atoms with Crippen molar-refractivity contribution in [2.75, 3.05) is 17.4 Å². The molecule has 0 spiro atoms. The maximum absolute atomic E-state index is 14.6. The van der Waals surface area contributed by atoms with Crippen LogP contribution in [0, 0.1) is 20.8 Å². The van der Waals surface area contributed by atoms with Crippen LogP contribution in [0.1, 0.15) is 41.2 Å². The smallest absolute Gasteiger partial charge is 0.264 e. The number of aryl methyl sites for hydroxylation is 2. The Morgan fingerprint density at radius 1 is 0.773 bits per heavy atom. The fourth-order valence-corrected chi connectivity index (χ4v) is 6.62. The van der Waals surface area contributed by atoms with Crippen molar-refractivity contribution in [2.45, 2.75) is 58.0 Å². The molecule has 0 saturated carbocycles. The first-order chi connectivity index (χ1) is 21.1. The minimum absolute atomic E-state index is 0.0840. The van der Waals surface area contributed by atoms with Crippen molar-refractivity contribution in [1.82, 2.24) is 10.2 Å². The Bertz CT molecular complexity index is 1670. The third-order valence-corrected chi connectivity index (χ3v) is 9.65. The van der Waals surface area contributed by atoms with Crippen molar-refractivity contribution in [3.8, 4) is 0 Å². The van der Waals surface area contributed by atoms with E-state index in [1.54, 1.807) is 35.2 Å². The number of carbonyl (C=O) groups is 2. The monoisotopic (exact) mass is 611 g/mol. The van der Waals surface area contributed by atoms with E-state index in [9.17, 15) is 18.0 Å². The number of rotatable bonds is 13. The second-order valence-corrected chi connectivity index (χ2v) is 12.9. The minimum Gasteiger partial charge on any atom is -0.354 e. The van der Waals surface area contributed by atoms with E-state index >= 15 is 0 Å². The summed E-state index contributed by atoms with van der Waals surface area (Å²) in [6, 6.07) is 30.0. The number of amides is 2. The van der Waals surface area contributed by atoms with Crippen molar-refractivity contribution < 1.29 is 18.0 Å². The summed E-state index contributed by atoms with van der Waals surface area (Å²) in [7, 11) is -4.14. The molecule has 7 nitrogen and oxygen atoms in total. The molecule has 0 aliphatic carbocycles. The molecule has 2 amide bonds. The van der Waals surface area contributed by atoms with Gasteiger partial charge in [0.25, 0.3) is 10.0 Å². The molecule has 0 unspecified atom stereocenters. The van der Waals surface area contributed by atoms with Crippen LogP contribution < -0.4 is 9.62 Å². The molecule has 0 aliphatic rings. The van der Waals surface area contributed by atoms with Gasteiger partial charge in [-0.3, -0.25) is 13.9 Å². The maximum atomic E-state index is 14.6. The molecule has 0 aliphatic heterocycles. The van der Waals surface area contributed by atoms with E-state index in [1.165, 1.54) is 16.4 Å². The fraction of sp³-hybridized carbons (Fsp3) is 0.278. The third kappa shape index (κ3) is 7.74. The van der Waals surface area contributed by atoms with Crippen LogP contribution in [0.15, 0.2) is 108 Å². The SMILES string of the molecule is CCCNC(=O)[C@@H](Cc1ccccc1)N(Cc1ccccc1C)C(=O)CN(c1cccc(C)c1C)S(=O)(=O)c1ccccc1. The molecule has 0 aromatic heterocycles. The van der Waals surface area contributed by atoms with Gasteiger partial charge < -0.3 is 10.2 Å². The van der Waals surface area contributed by atoms with E-state index in [4.69, 9.17) is 0 Å². The summed E-state index contributed by atoms with van der Waals surface area (Å²) in [5, 5.41) is 2.98. The molecule has 1 N–H and O–H groups in total. The summed E-state index contributed by atoms with van der Waals surface area (Å²) in [5.74, 6) is -0.747. The van der Waals surface area contributed by atoms with Gasteiger partial charge in [0, 0.05) is 19.5 Å². The topological polar surface area (TPSA) is 86.8 Å². The summed E-state index contributed by atoms with van der Waals surface area (Å²) >= 11 is 0. The molecule has 0 radical (unpaired) electrons. The zero-order valence-electron chi connectivity index (χ0n) is 25.9. The Labute approximate surface area is 261 Å². The molecule has 4 rings (SSSR count). The lowest BCUT2D eigenvalue weighted by Crippen LogP contribution is -2.53. The van der Waals surface area contributed by atoms with E-state index in [1.807, 2.05) is 88.4 Å². The average molecular weight is 612 g/mol. The molecular formula is C36H41N3O4S. The summed E-state index contributed by atoms with van der Waals surface area (Å²) in [6.45, 7) is 7.83. The standard InChI is InChI=1S/C36H41N3O4S/c1-5-23-37-36(41)34(24-30-17-8-6-9-18-30)38(25-31-19-13-12-15-28(31)3)35(40)26-39(33-22-14-16-27(2)29(33)4)44(42,43)32-20-10-7-11-21-32/h6-22,34H,5,23-26H2,1-4H3,(H,37,41)/t34-/m1/s1. The van der Waals surface area contributed by atoms with Crippen molar-refractivity contribution in [3.63, 3.8) is 0 Å². The van der Waals surface area contributed by atoms with E-state index in [-0.39, 0.29) is 23.8 Å². The van der Waals surface area contributed by atoms with Gasteiger partial charge in [0.2, 0.25) is 11.8 Å². The van der Waals surface area contributed by atoms with Crippen LogP contribution >= 0.6 is 0 Å². The Balaban J connectivity index is 1.83. The van der Waals surface area contributed by atoms with Gasteiger partial charge in [-0.15, -0.1) is 0 Å². The minimum atomic E-state index is -4.14. The Morgan fingerprint density at radius 3 is 2.05 bits per heavy atom. The fourth-order valence-electron chi connectivity index (χ4n) is 5.13. The largest absolute Gasteiger partial charge is 0.354 e. The van der Waals surface area contributed by atoms with Crippen molar-refractivity contribution in [1.29, 1.82) is 0 Å². The Morgan fingerprint density at radius 2 is 1.39 bits per heavy atom. The molecule has 0 fully saturated rings. The van der Waals surface area contributed by atoms with Crippen LogP contribution in [-0.2, 0) is 32.6 Å². The van der Waals surface area contributed by atoms with Gasteiger partial charge in [-0.05, 0) is 73.2 Å².